The summed E-state index contributed by atoms with van der Waals surface area (Å²) >= 11 is 0. The Morgan fingerprint density at radius 1 is 0.808 bits per heavy atom. The van der Waals surface area contributed by atoms with Crippen LogP contribution in [-0.2, 0) is 4.79 Å². The number of nitrogens with one attached hydrogen (secondary N) is 1. The van der Waals surface area contributed by atoms with Gasteiger partial charge in [0, 0.05) is 45.3 Å². The molecule has 0 aromatic rings. The maximum absolute atomic E-state index is 13.3. The third-order valence-electron chi connectivity index (χ3n) is 6.17. The molecule has 2 aliphatic heterocycles. The molecule has 1 unspecified atom stereocenters. The van der Waals surface area contributed by atoms with Crippen LogP contribution in [0.5, 0.6) is 0 Å². The summed E-state index contributed by atoms with van der Waals surface area (Å²) in [4.78, 5) is 32.0. The lowest BCUT2D eigenvalue weighted by molar-refractivity contribution is -0.140. The van der Waals surface area contributed by atoms with Crippen LogP contribution in [-0.4, -0.2) is 78.0 Å². The van der Waals surface area contributed by atoms with E-state index in [4.69, 9.17) is 0 Å². The van der Waals surface area contributed by atoms with Gasteiger partial charge < -0.3 is 15.1 Å². The van der Waals surface area contributed by atoms with E-state index in [0.717, 1.165) is 52.1 Å². The quantitative estimate of drug-likeness (QED) is 0.833. The van der Waals surface area contributed by atoms with E-state index in [0.29, 0.717) is 11.8 Å². The lowest BCUT2D eigenvalue weighted by Crippen LogP contribution is -2.60. The second kappa shape index (κ2) is 9.07. The van der Waals surface area contributed by atoms with Gasteiger partial charge in [0.05, 0.1) is 6.04 Å². The van der Waals surface area contributed by atoms with E-state index in [9.17, 15) is 9.59 Å². The number of piperidine rings is 1. The van der Waals surface area contributed by atoms with Crippen molar-refractivity contribution >= 4 is 11.9 Å². The first-order chi connectivity index (χ1) is 12.6. The van der Waals surface area contributed by atoms with Gasteiger partial charge in [-0.1, -0.05) is 12.8 Å². The number of amides is 3. The zero-order valence-electron chi connectivity index (χ0n) is 16.6. The summed E-state index contributed by atoms with van der Waals surface area (Å²) in [6, 6.07) is 0.220. The van der Waals surface area contributed by atoms with Crippen molar-refractivity contribution in [2.45, 2.75) is 70.9 Å². The number of urea groups is 1. The number of nitrogens with zero attached hydrogens (tertiary/aromatic N) is 3. The second-order valence-corrected chi connectivity index (χ2v) is 8.50. The van der Waals surface area contributed by atoms with Crippen LogP contribution in [0.25, 0.3) is 0 Å². The Bertz CT molecular complexity index is 476. The minimum atomic E-state index is 0.0272. The lowest BCUT2D eigenvalue weighted by Gasteiger charge is -2.43. The third kappa shape index (κ3) is 4.70. The van der Waals surface area contributed by atoms with E-state index in [-0.39, 0.29) is 18.1 Å². The topological polar surface area (TPSA) is 55.9 Å². The number of carbonyl (C=O) groups is 2. The van der Waals surface area contributed by atoms with Crippen LogP contribution in [0.15, 0.2) is 0 Å². The maximum Gasteiger partial charge on any atom is 0.317 e. The highest BCUT2D eigenvalue weighted by Gasteiger charge is 2.39. The molecule has 6 heteroatoms. The molecule has 0 aromatic heterocycles. The summed E-state index contributed by atoms with van der Waals surface area (Å²) in [6.07, 6.45) is 8.41. The van der Waals surface area contributed by atoms with Gasteiger partial charge in [-0.25, -0.2) is 4.79 Å². The van der Waals surface area contributed by atoms with Crippen molar-refractivity contribution in [2.75, 3.05) is 39.3 Å². The number of piperazine rings is 1. The molecule has 0 spiro atoms. The first-order valence-electron chi connectivity index (χ1n) is 10.6. The molecule has 1 atom stereocenters. The standard InChI is InChI=1S/C20H36N4O2/c1-16(2)21-20(26)24-14-12-22(13-15-24)18(17-8-4-5-9-17)19(25)23-10-6-3-7-11-23/h16-18H,3-15H2,1-2H3,(H,21,26). The molecule has 1 saturated carbocycles. The van der Waals surface area contributed by atoms with E-state index < -0.39 is 0 Å². The predicted octanol–water partition coefficient (Wildman–Crippen LogP) is 2.29. The normalized spacial score (nSPS) is 24.1. The van der Waals surface area contributed by atoms with Gasteiger partial charge in [-0.2, -0.15) is 0 Å². The van der Waals surface area contributed by atoms with Crippen molar-refractivity contribution in [1.82, 2.24) is 20.0 Å². The number of hydrogen-bond acceptors (Lipinski definition) is 3. The molecule has 6 nitrogen and oxygen atoms in total. The molecule has 1 aliphatic carbocycles. The van der Waals surface area contributed by atoms with Crippen LogP contribution in [0.4, 0.5) is 4.79 Å². The average molecular weight is 365 g/mol. The summed E-state index contributed by atoms with van der Waals surface area (Å²) in [7, 11) is 0. The molecule has 3 rings (SSSR count). The number of likely N-dealkylation sites (tertiary alicyclic amines) is 1. The van der Waals surface area contributed by atoms with Crippen molar-refractivity contribution in [3.63, 3.8) is 0 Å². The van der Waals surface area contributed by atoms with Gasteiger partial charge in [0.15, 0.2) is 0 Å². The van der Waals surface area contributed by atoms with Crippen LogP contribution >= 0.6 is 0 Å². The van der Waals surface area contributed by atoms with Gasteiger partial charge in [0.2, 0.25) is 5.91 Å². The van der Waals surface area contributed by atoms with E-state index in [1.807, 2.05) is 18.7 Å². The Morgan fingerprint density at radius 2 is 1.42 bits per heavy atom. The number of rotatable bonds is 4. The molecule has 1 N–H and O–H groups in total. The summed E-state index contributed by atoms with van der Waals surface area (Å²) in [5.41, 5.74) is 0. The smallest absolute Gasteiger partial charge is 0.317 e. The highest BCUT2D eigenvalue weighted by atomic mass is 16.2. The van der Waals surface area contributed by atoms with Crippen LogP contribution in [0, 0.1) is 5.92 Å². The number of hydrogen-bond donors (Lipinski definition) is 1. The van der Waals surface area contributed by atoms with E-state index in [1.165, 1.54) is 32.1 Å². The molecule has 3 aliphatic rings. The zero-order chi connectivity index (χ0) is 18.5. The average Bonchev–Trinajstić information content (AvgIpc) is 3.17. The Labute approximate surface area is 158 Å². The fourth-order valence-electron chi connectivity index (χ4n) is 4.77. The lowest BCUT2D eigenvalue weighted by atomic mass is 9.93. The Hall–Kier alpha value is -1.30. The molecular weight excluding hydrogens is 328 g/mol. The van der Waals surface area contributed by atoms with Crippen LogP contribution in [0.1, 0.15) is 58.8 Å². The first-order valence-corrected chi connectivity index (χ1v) is 10.6. The van der Waals surface area contributed by atoms with Crippen LogP contribution in [0.3, 0.4) is 0 Å². The van der Waals surface area contributed by atoms with Crippen molar-refractivity contribution in [1.29, 1.82) is 0 Å². The van der Waals surface area contributed by atoms with Gasteiger partial charge in [0.1, 0.15) is 0 Å². The number of carbonyl (C=O) groups excluding carboxylic acids is 2. The Kier molecular flexibility index (Phi) is 6.79. The van der Waals surface area contributed by atoms with Gasteiger partial charge in [-0.15, -0.1) is 0 Å². The highest BCUT2D eigenvalue weighted by molar-refractivity contribution is 5.82. The van der Waals surface area contributed by atoms with Crippen molar-refractivity contribution in [2.24, 2.45) is 5.92 Å². The molecule has 0 bridgehead atoms. The fourth-order valence-corrected chi connectivity index (χ4v) is 4.77. The van der Waals surface area contributed by atoms with Crippen molar-refractivity contribution < 1.29 is 9.59 Å². The largest absolute Gasteiger partial charge is 0.341 e. The second-order valence-electron chi connectivity index (χ2n) is 8.50. The van der Waals surface area contributed by atoms with Gasteiger partial charge in [-0.05, 0) is 51.9 Å². The third-order valence-corrected chi connectivity index (χ3v) is 6.17. The van der Waals surface area contributed by atoms with Gasteiger partial charge in [-0.3, -0.25) is 9.69 Å². The molecule has 148 valence electrons. The minimum Gasteiger partial charge on any atom is -0.341 e. The molecule has 2 heterocycles. The Balaban J connectivity index is 1.62. The SMILES string of the molecule is CC(C)NC(=O)N1CCN(C(C(=O)N2CCCCC2)C2CCCC2)CC1. The molecular formula is C20H36N4O2. The molecule has 26 heavy (non-hydrogen) atoms. The van der Waals surface area contributed by atoms with E-state index in [2.05, 4.69) is 15.1 Å². The monoisotopic (exact) mass is 364 g/mol. The Morgan fingerprint density at radius 3 is 2.00 bits per heavy atom. The minimum absolute atomic E-state index is 0.0272. The van der Waals surface area contributed by atoms with Gasteiger partial charge in [0.25, 0.3) is 0 Å². The highest BCUT2D eigenvalue weighted by Crippen LogP contribution is 2.32. The summed E-state index contributed by atoms with van der Waals surface area (Å²) < 4.78 is 0. The molecule has 0 aromatic carbocycles. The van der Waals surface area contributed by atoms with Crippen molar-refractivity contribution in [3.05, 3.63) is 0 Å². The van der Waals surface area contributed by atoms with Crippen molar-refractivity contribution in [3.8, 4) is 0 Å². The van der Waals surface area contributed by atoms with Crippen LogP contribution in [0.2, 0.25) is 0 Å². The fraction of sp³-hybridized carbons (Fsp3) is 0.900. The predicted molar refractivity (Wildman–Crippen MR) is 103 cm³/mol. The molecule has 3 amide bonds. The van der Waals surface area contributed by atoms with Gasteiger partial charge >= 0.3 is 6.03 Å². The zero-order valence-corrected chi connectivity index (χ0v) is 16.6. The van der Waals surface area contributed by atoms with Crippen LogP contribution < -0.4 is 5.32 Å². The van der Waals surface area contributed by atoms with E-state index >= 15 is 0 Å². The molecule has 0 radical (unpaired) electrons. The maximum atomic E-state index is 13.3. The molecule has 3 fully saturated rings. The summed E-state index contributed by atoms with van der Waals surface area (Å²) in [5, 5.41) is 2.98. The summed E-state index contributed by atoms with van der Waals surface area (Å²) in [6.45, 7) is 8.89. The summed E-state index contributed by atoms with van der Waals surface area (Å²) in [5.74, 6) is 0.858. The first kappa shape index (κ1) is 19.5. The molecule has 2 saturated heterocycles. The van der Waals surface area contributed by atoms with E-state index in [1.54, 1.807) is 0 Å².